The monoisotopic (exact) mass is 357 g/mol. The van der Waals surface area contributed by atoms with Gasteiger partial charge in [0, 0.05) is 5.92 Å². The molecule has 1 N–H and O–H groups in total. The molecule has 0 fully saturated rings. The summed E-state index contributed by atoms with van der Waals surface area (Å²) in [7, 11) is 0. The molecule has 0 saturated heterocycles. The van der Waals surface area contributed by atoms with Crippen molar-refractivity contribution in [3.05, 3.63) is 38.8 Å². The molecule has 0 aliphatic rings. The van der Waals surface area contributed by atoms with Crippen molar-refractivity contribution in [2.24, 2.45) is 0 Å². The average molecular weight is 358 g/mol. The third kappa shape index (κ3) is 4.41. The molecule has 0 saturated carbocycles. The summed E-state index contributed by atoms with van der Waals surface area (Å²) in [4.78, 5) is 12.0. The van der Waals surface area contributed by atoms with Crippen molar-refractivity contribution in [3.63, 3.8) is 0 Å². The van der Waals surface area contributed by atoms with E-state index in [1.807, 2.05) is 0 Å². The van der Waals surface area contributed by atoms with E-state index >= 15 is 0 Å². The molecular formula is C15H17Cl2N3OS. The minimum absolute atomic E-state index is 0.148. The topological polar surface area (TPSA) is 54.9 Å². The van der Waals surface area contributed by atoms with Gasteiger partial charge in [-0.05, 0) is 30.5 Å². The summed E-state index contributed by atoms with van der Waals surface area (Å²) in [6.45, 7) is 4.25. The van der Waals surface area contributed by atoms with Crippen LogP contribution < -0.4 is 5.32 Å². The van der Waals surface area contributed by atoms with Crippen LogP contribution in [0.1, 0.15) is 43.2 Å². The first-order valence-electron chi connectivity index (χ1n) is 7.10. The lowest BCUT2D eigenvalue weighted by atomic mass is 10.1. The number of hydrogen-bond acceptors (Lipinski definition) is 4. The first-order chi connectivity index (χ1) is 10.5. The van der Waals surface area contributed by atoms with Crippen LogP contribution in [0.15, 0.2) is 18.2 Å². The fourth-order valence-corrected chi connectivity index (χ4v) is 3.43. The fraction of sp³-hybridized carbons (Fsp3) is 0.400. The summed E-state index contributed by atoms with van der Waals surface area (Å²) < 4.78 is 0. The van der Waals surface area contributed by atoms with Crippen molar-refractivity contribution < 1.29 is 4.79 Å². The van der Waals surface area contributed by atoms with Gasteiger partial charge in [-0.25, -0.2) is 0 Å². The van der Waals surface area contributed by atoms with Gasteiger partial charge in [0.2, 0.25) is 11.0 Å². The molecule has 1 heterocycles. The maximum Gasteiger partial charge on any atom is 0.230 e. The number of halogens is 2. The maximum absolute atomic E-state index is 12.0. The van der Waals surface area contributed by atoms with Crippen LogP contribution in [0.25, 0.3) is 0 Å². The van der Waals surface area contributed by atoms with E-state index in [0.29, 0.717) is 21.1 Å². The standard InChI is InChI=1S/C15H17Cl2N3OS/c1-3-10(4-2)14-19-20-15(22-14)18-13(21)8-9-5-6-11(16)12(17)7-9/h5-7,10H,3-4,8H2,1-2H3,(H,18,20,21). The minimum atomic E-state index is -0.148. The van der Waals surface area contributed by atoms with E-state index in [9.17, 15) is 4.79 Å². The van der Waals surface area contributed by atoms with Crippen LogP contribution in [-0.4, -0.2) is 16.1 Å². The molecule has 1 aromatic heterocycles. The van der Waals surface area contributed by atoms with E-state index in [0.717, 1.165) is 23.4 Å². The molecule has 2 aromatic rings. The van der Waals surface area contributed by atoms with Crippen molar-refractivity contribution in [2.75, 3.05) is 5.32 Å². The molecule has 7 heteroatoms. The number of nitrogens with one attached hydrogen (secondary N) is 1. The first-order valence-corrected chi connectivity index (χ1v) is 8.67. The molecule has 0 spiro atoms. The lowest BCUT2D eigenvalue weighted by Gasteiger charge is -2.06. The van der Waals surface area contributed by atoms with Crippen molar-refractivity contribution in [1.82, 2.24) is 10.2 Å². The molecule has 0 unspecified atom stereocenters. The lowest BCUT2D eigenvalue weighted by molar-refractivity contribution is -0.115. The number of nitrogens with zero attached hydrogens (tertiary/aromatic N) is 2. The molecule has 1 amide bonds. The average Bonchev–Trinajstić information content (AvgIpc) is 2.92. The molecule has 22 heavy (non-hydrogen) atoms. The second kappa shape index (κ2) is 7.90. The predicted molar refractivity (Wildman–Crippen MR) is 92.0 cm³/mol. The Hall–Kier alpha value is -1.17. The highest BCUT2D eigenvalue weighted by atomic mass is 35.5. The molecular weight excluding hydrogens is 341 g/mol. The van der Waals surface area contributed by atoms with E-state index in [4.69, 9.17) is 23.2 Å². The zero-order valence-electron chi connectivity index (χ0n) is 12.4. The van der Waals surface area contributed by atoms with Crippen molar-refractivity contribution in [1.29, 1.82) is 0 Å². The number of carbonyl (C=O) groups is 1. The van der Waals surface area contributed by atoms with E-state index in [2.05, 4.69) is 29.4 Å². The highest BCUT2D eigenvalue weighted by Gasteiger charge is 2.15. The maximum atomic E-state index is 12.0. The number of carbonyl (C=O) groups excluding carboxylic acids is 1. The molecule has 4 nitrogen and oxygen atoms in total. The second-order valence-corrected chi connectivity index (χ2v) is 6.76. The Morgan fingerprint density at radius 1 is 1.23 bits per heavy atom. The Kier molecular flexibility index (Phi) is 6.17. The molecule has 0 aliphatic heterocycles. The minimum Gasteiger partial charge on any atom is -0.300 e. The summed E-state index contributed by atoms with van der Waals surface area (Å²) in [5, 5.41) is 13.4. The largest absolute Gasteiger partial charge is 0.300 e. The molecule has 118 valence electrons. The van der Waals surface area contributed by atoms with Crippen LogP contribution in [0.5, 0.6) is 0 Å². The third-order valence-corrected chi connectivity index (χ3v) is 5.11. The van der Waals surface area contributed by atoms with Gasteiger partial charge < -0.3 is 5.32 Å². The van der Waals surface area contributed by atoms with Gasteiger partial charge in [-0.3, -0.25) is 4.79 Å². The molecule has 0 aliphatic carbocycles. The Morgan fingerprint density at radius 3 is 2.59 bits per heavy atom. The van der Waals surface area contributed by atoms with E-state index in [1.165, 1.54) is 11.3 Å². The SMILES string of the molecule is CCC(CC)c1nnc(NC(=O)Cc2ccc(Cl)c(Cl)c2)s1. The van der Waals surface area contributed by atoms with E-state index in [1.54, 1.807) is 18.2 Å². The Balaban J connectivity index is 1.98. The van der Waals surface area contributed by atoms with E-state index in [-0.39, 0.29) is 12.3 Å². The number of aromatic nitrogens is 2. The third-order valence-electron chi connectivity index (χ3n) is 3.37. The lowest BCUT2D eigenvalue weighted by Crippen LogP contribution is -2.14. The summed E-state index contributed by atoms with van der Waals surface area (Å²) in [5.41, 5.74) is 0.802. The normalized spacial score (nSPS) is 11.0. The van der Waals surface area contributed by atoms with Gasteiger partial charge in [0.25, 0.3) is 0 Å². The Labute approximate surface area is 143 Å². The van der Waals surface area contributed by atoms with Gasteiger partial charge in [-0.2, -0.15) is 0 Å². The predicted octanol–water partition coefficient (Wildman–Crippen LogP) is 4.93. The summed E-state index contributed by atoms with van der Waals surface area (Å²) >= 11 is 13.2. The second-order valence-electron chi connectivity index (χ2n) is 4.93. The van der Waals surface area contributed by atoms with Crippen molar-refractivity contribution in [2.45, 2.75) is 39.0 Å². The summed E-state index contributed by atoms with van der Waals surface area (Å²) in [6.07, 6.45) is 2.25. The van der Waals surface area contributed by atoms with E-state index < -0.39 is 0 Å². The Bertz CT molecular complexity index is 656. The van der Waals surface area contributed by atoms with Gasteiger partial charge in [0.15, 0.2) is 0 Å². The number of anilines is 1. The summed E-state index contributed by atoms with van der Waals surface area (Å²) in [6, 6.07) is 5.16. The van der Waals surface area contributed by atoms with Gasteiger partial charge in [0.05, 0.1) is 16.5 Å². The van der Waals surface area contributed by atoms with Crippen LogP contribution in [0.2, 0.25) is 10.0 Å². The quantitative estimate of drug-likeness (QED) is 0.797. The molecule has 0 bridgehead atoms. The molecule has 1 aromatic carbocycles. The first kappa shape index (κ1) is 17.2. The van der Waals surface area contributed by atoms with Gasteiger partial charge in [0.1, 0.15) is 5.01 Å². The van der Waals surface area contributed by atoms with Crippen LogP contribution in [0, 0.1) is 0 Å². The molecule has 2 rings (SSSR count). The van der Waals surface area contributed by atoms with Crippen LogP contribution in [-0.2, 0) is 11.2 Å². The van der Waals surface area contributed by atoms with Gasteiger partial charge in [-0.1, -0.05) is 54.5 Å². The highest BCUT2D eigenvalue weighted by Crippen LogP contribution is 2.28. The van der Waals surface area contributed by atoms with Crippen LogP contribution in [0.3, 0.4) is 0 Å². The molecule has 0 radical (unpaired) electrons. The fourth-order valence-electron chi connectivity index (χ4n) is 2.09. The number of hydrogen-bond donors (Lipinski definition) is 1. The number of rotatable bonds is 6. The highest BCUT2D eigenvalue weighted by molar-refractivity contribution is 7.15. The summed E-state index contributed by atoms with van der Waals surface area (Å²) in [5.74, 6) is 0.254. The molecule has 0 atom stereocenters. The van der Waals surface area contributed by atoms with Crippen LogP contribution >= 0.6 is 34.5 Å². The van der Waals surface area contributed by atoms with Crippen molar-refractivity contribution >= 4 is 45.6 Å². The smallest absolute Gasteiger partial charge is 0.230 e. The van der Waals surface area contributed by atoms with Gasteiger partial charge >= 0.3 is 0 Å². The zero-order chi connectivity index (χ0) is 16.1. The van der Waals surface area contributed by atoms with Crippen molar-refractivity contribution in [3.8, 4) is 0 Å². The Morgan fingerprint density at radius 2 is 1.95 bits per heavy atom. The number of benzene rings is 1. The number of amides is 1. The van der Waals surface area contributed by atoms with Crippen LogP contribution in [0.4, 0.5) is 5.13 Å². The van der Waals surface area contributed by atoms with Gasteiger partial charge in [-0.15, -0.1) is 10.2 Å². The zero-order valence-corrected chi connectivity index (χ0v) is 14.7.